The number of nitrogens with zero attached hydrogens (tertiary/aromatic N) is 3. The Bertz CT molecular complexity index is 971. The van der Waals surface area contributed by atoms with Crippen LogP contribution in [-0.4, -0.2) is 14.5 Å². The molecule has 0 aliphatic heterocycles. The SMILES string of the molecule is Cc1ccc(-c2nc3cccnc3n2-c2cccc(Cl)c2)o1. The smallest absolute Gasteiger partial charge is 0.183 e. The second-order valence-corrected chi connectivity index (χ2v) is 5.44. The Morgan fingerprint density at radius 1 is 1.09 bits per heavy atom. The minimum Gasteiger partial charge on any atom is -0.458 e. The number of furan rings is 1. The van der Waals surface area contributed by atoms with Crippen molar-refractivity contribution in [2.75, 3.05) is 0 Å². The summed E-state index contributed by atoms with van der Waals surface area (Å²) in [6.07, 6.45) is 1.75. The number of aromatic nitrogens is 3. The van der Waals surface area contributed by atoms with Gasteiger partial charge in [-0.3, -0.25) is 4.57 Å². The number of benzene rings is 1. The van der Waals surface area contributed by atoms with E-state index in [0.29, 0.717) is 16.6 Å². The lowest BCUT2D eigenvalue weighted by atomic mass is 10.3. The number of aryl methyl sites for hydroxylation is 1. The van der Waals surface area contributed by atoms with Crippen LogP contribution in [0.4, 0.5) is 0 Å². The number of halogens is 1. The molecule has 22 heavy (non-hydrogen) atoms. The van der Waals surface area contributed by atoms with Gasteiger partial charge in [0.2, 0.25) is 0 Å². The molecular formula is C17H12ClN3O. The highest BCUT2D eigenvalue weighted by molar-refractivity contribution is 6.30. The van der Waals surface area contributed by atoms with Gasteiger partial charge in [-0.1, -0.05) is 17.7 Å². The van der Waals surface area contributed by atoms with Crippen LogP contribution < -0.4 is 0 Å². The van der Waals surface area contributed by atoms with Gasteiger partial charge in [0.05, 0.1) is 5.69 Å². The van der Waals surface area contributed by atoms with E-state index >= 15 is 0 Å². The maximum atomic E-state index is 6.14. The zero-order chi connectivity index (χ0) is 15.1. The van der Waals surface area contributed by atoms with Crippen molar-refractivity contribution in [3.63, 3.8) is 0 Å². The molecule has 0 amide bonds. The van der Waals surface area contributed by atoms with Crippen molar-refractivity contribution >= 4 is 22.8 Å². The number of fused-ring (bicyclic) bond motifs is 1. The average molecular weight is 310 g/mol. The van der Waals surface area contributed by atoms with Crippen LogP contribution in [0.25, 0.3) is 28.4 Å². The summed E-state index contributed by atoms with van der Waals surface area (Å²) in [5, 5.41) is 0.664. The molecule has 0 unspecified atom stereocenters. The molecule has 0 spiro atoms. The average Bonchev–Trinajstić information content (AvgIpc) is 3.10. The molecule has 0 bridgehead atoms. The van der Waals surface area contributed by atoms with Crippen molar-refractivity contribution in [3.8, 4) is 17.3 Å². The van der Waals surface area contributed by atoms with Crippen molar-refractivity contribution in [2.24, 2.45) is 0 Å². The van der Waals surface area contributed by atoms with E-state index in [1.54, 1.807) is 6.20 Å². The molecule has 3 heterocycles. The molecule has 0 aliphatic carbocycles. The van der Waals surface area contributed by atoms with Crippen molar-refractivity contribution in [3.05, 3.63) is 65.5 Å². The van der Waals surface area contributed by atoms with E-state index < -0.39 is 0 Å². The molecule has 0 fully saturated rings. The van der Waals surface area contributed by atoms with Crippen LogP contribution in [0, 0.1) is 6.92 Å². The van der Waals surface area contributed by atoms with E-state index in [-0.39, 0.29) is 0 Å². The van der Waals surface area contributed by atoms with E-state index in [1.807, 2.05) is 60.0 Å². The minimum atomic E-state index is 0.664. The highest BCUT2D eigenvalue weighted by atomic mass is 35.5. The monoisotopic (exact) mass is 309 g/mol. The number of hydrogen-bond acceptors (Lipinski definition) is 3. The largest absolute Gasteiger partial charge is 0.458 e. The second-order valence-electron chi connectivity index (χ2n) is 5.01. The Morgan fingerprint density at radius 2 is 2.00 bits per heavy atom. The second kappa shape index (κ2) is 5.00. The number of pyridine rings is 1. The van der Waals surface area contributed by atoms with Crippen molar-refractivity contribution in [1.82, 2.24) is 14.5 Å². The van der Waals surface area contributed by atoms with Gasteiger partial charge in [-0.25, -0.2) is 9.97 Å². The van der Waals surface area contributed by atoms with Crippen LogP contribution in [-0.2, 0) is 0 Å². The molecule has 0 saturated carbocycles. The topological polar surface area (TPSA) is 43.9 Å². The highest BCUT2D eigenvalue weighted by Gasteiger charge is 2.17. The first-order chi connectivity index (χ1) is 10.7. The lowest BCUT2D eigenvalue weighted by Gasteiger charge is -2.07. The first-order valence-electron chi connectivity index (χ1n) is 6.88. The van der Waals surface area contributed by atoms with Gasteiger partial charge in [-0.05, 0) is 49.4 Å². The normalized spacial score (nSPS) is 11.2. The Labute approximate surface area is 132 Å². The molecule has 4 nitrogen and oxygen atoms in total. The van der Waals surface area contributed by atoms with Crippen LogP contribution in [0.2, 0.25) is 5.02 Å². The van der Waals surface area contributed by atoms with E-state index in [0.717, 1.165) is 22.6 Å². The van der Waals surface area contributed by atoms with E-state index in [4.69, 9.17) is 16.0 Å². The third-order valence-electron chi connectivity index (χ3n) is 3.44. The number of imidazole rings is 1. The summed E-state index contributed by atoms with van der Waals surface area (Å²) < 4.78 is 7.71. The summed E-state index contributed by atoms with van der Waals surface area (Å²) in [7, 11) is 0. The lowest BCUT2D eigenvalue weighted by Crippen LogP contribution is -1.98. The summed E-state index contributed by atoms with van der Waals surface area (Å²) in [6.45, 7) is 1.91. The molecule has 4 rings (SSSR count). The fraction of sp³-hybridized carbons (Fsp3) is 0.0588. The molecular weight excluding hydrogens is 298 g/mol. The van der Waals surface area contributed by atoms with Gasteiger partial charge < -0.3 is 4.42 Å². The Balaban J connectivity index is 2.06. The van der Waals surface area contributed by atoms with Gasteiger partial charge >= 0.3 is 0 Å². The predicted molar refractivity (Wildman–Crippen MR) is 86.3 cm³/mol. The molecule has 3 aromatic heterocycles. The Morgan fingerprint density at radius 3 is 2.77 bits per heavy atom. The van der Waals surface area contributed by atoms with Crippen LogP contribution >= 0.6 is 11.6 Å². The number of hydrogen-bond donors (Lipinski definition) is 0. The van der Waals surface area contributed by atoms with Crippen LogP contribution in [0.5, 0.6) is 0 Å². The summed E-state index contributed by atoms with van der Waals surface area (Å²) >= 11 is 6.14. The summed E-state index contributed by atoms with van der Waals surface area (Å²) in [5.74, 6) is 2.26. The summed E-state index contributed by atoms with van der Waals surface area (Å²) in [4.78, 5) is 9.12. The molecule has 0 aliphatic rings. The Kier molecular flexibility index (Phi) is 2.98. The standard InChI is InChI=1S/C17H12ClN3O/c1-11-7-8-15(22-11)17-20-14-6-3-9-19-16(14)21(17)13-5-2-4-12(18)10-13/h2-10H,1H3. The van der Waals surface area contributed by atoms with Gasteiger partial charge in [-0.2, -0.15) is 0 Å². The van der Waals surface area contributed by atoms with E-state index in [2.05, 4.69) is 9.97 Å². The highest BCUT2D eigenvalue weighted by Crippen LogP contribution is 2.29. The van der Waals surface area contributed by atoms with Crippen molar-refractivity contribution < 1.29 is 4.42 Å². The Hall–Kier alpha value is -2.59. The fourth-order valence-electron chi connectivity index (χ4n) is 2.49. The molecule has 4 aromatic rings. The summed E-state index contributed by atoms with van der Waals surface area (Å²) in [5.41, 5.74) is 2.48. The maximum absolute atomic E-state index is 6.14. The minimum absolute atomic E-state index is 0.664. The first-order valence-corrected chi connectivity index (χ1v) is 7.26. The van der Waals surface area contributed by atoms with Gasteiger partial charge in [0.25, 0.3) is 0 Å². The first kappa shape index (κ1) is 13.1. The van der Waals surface area contributed by atoms with Gasteiger partial charge in [-0.15, -0.1) is 0 Å². The lowest BCUT2D eigenvalue weighted by molar-refractivity contribution is 0.543. The zero-order valence-corrected chi connectivity index (χ0v) is 12.6. The van der Waals surface area contributed by atoms with Gasteiger partial charge in [0, 0.05) is 11.2 Å². The van der Waals surface area contributed by atoms with Gasteiger partial charge in [0.1, 0.15) is 11.3 Å². The molecule has 5 heteroatoms. The molecule has 0 saturated heterocycles. The summed E-state index contributed by atoms with van der Waals surface area (Å²) in [6, 6.07) is 15.2. The zero-order valence-electron chi connectivity index (χ0n) is 11.8. The van der Waals surface area contributed by atoms with Crippen LogP contribution in [0.15, 0.2) is 59.1 Å². The number of rotatable bonds is 2. The third-order valence-corrected chi connectivity index (χ3v) is 3.68. The molecule has 0 atom stereocenters. The van der Waals surface area contributed by atoms with Gasteiger partial charge in [0.15, 0.2) is 17.2 Å². The molecule has 0 radical (unpaired) electrons. The third kappa shape index (κ3) is 2.09. The maximum Gasteiger partial charge on any atom is 0.183 e. The van der Waals surface area contributed by atoms with E-state index in [1.165, 1.54) is 0 Å². The van der Waals surface area contributed by atoms with Crippen LogP contribution in [0.1, 0.15) is 5.76 Å². The molecule has 108 valence electrons. The van der Waals surface area contributed by atoms with E-state index in [9.17, 15) is 0 Å². The van der Waals surface area contributed by atoms with Crippen molar-refractivity contribution in [2.45, 2.75) is 6.92 Å². The molecule has 1 aromatic carbocycles. The van der Waals surface area contributed by atoms with Crippen LogP contribution in [0.3, 0.4) is 0 Å². The quantitative estimate of drug-likeness (QED) is 0.541. The van der Waals surface area contributed by atoms with Crippen molar-refractivity contribution in [1.29, 1.82) is 0 Å². The predicted octanol–water partition coefficient (Wildman–Crippen LogP) is 4.64. The molecule has 0 N–H and O–H groups in total. The fourth-order valence-corrected chi connectivity index (χ4v) is 2.68.